The van der Waals surface area contributed by atoms with Crippen molar-refractivity contribution < 1.29 is 13.2 Å². The van der Waals surface area contributed by atoms with Gasteiger partial charge in [0.1, 0.15) is 15.6 Å². The van der Waals surface area contributed by atoms with Crippen molar-refractivity contribution in [2.75, 3.05) is 25.2 Å². The number of benzene rings is 1. The highest BCUT2D eigenvalue weighted by Crippen LogP contribution is 2.34. The Morgan fingerprint density at radius 1 is 1.24 bits per heavy atom. The molecule has 0 spiro atoms. The van der Waals surface area contributed by atoms with Gasteiger partial charge in [0.25, 0.3) is 0 Å². The lowest BCUT2D eigenvalue weighted by atomic mass is 10.1. The van der Waals surface area contributed by atoms with Crippen LogP contribution < -0.4 is 10.1 Å². The Hall–Kier alpha value is -0.490. The van der Waals surface area contributed by atoms with Crippen molar-refractivity contribution in [2.24, 2.45) is 0 Å². The molecule has 0 fully saturated rings. The van der Waals surface area contributed by atoms with E-state index in [2.05, 4.69) is 5.32 Å². The quantitative estimate of drug-likeness (QED) is 0.777. The van der Waals surface area contributed by atoms with E-state index in [1.165, 1.54) is 6.26 Å². The van der Waals surface area contributed by atoms with Gasteiger partial charge in [0.15, 0.2) is 0 Å². The van der Waals surface area contributed by atoms with Crippen LogP contribution in [0.4, 0.5) is 0 Å². The molecule has 4 nitrogen and oxygen atoms in total. The third kappa shape index (κ3) is 6.02. The van der Waals surface area contributed by atoms with Crippen LogP contribution >= 0.6 is 23.2 Å². The fourth-order valence-corrected chi connectivity index (χ4v) is 3.37. The number of hydrogen-bond donors (Lipinski definition) is 1. The summed E-state index contributed by atoms with van der Waals surface area (Å²) in [6.07, 6.45) is 2.10. The monoisotopic (exact) mass is 353 g/mol. The summed E-state index contributed by atoms with van der Waals surface area (Å²) in [7, 11) is -3.15. The number of halogens is 2. The normalized spacial score (nSPS) is 13.2. The molecule has 0 aliphatic heterocycles. The molecule has 1 N–H and O–H groups in total. The molecular formula is C14H21Cl2NO3S. The second-order valence-corrected chi connectivity index (χ2v) is 7.84. The highest BCUT2D eigenvalue weighted by Gasteiger charge is 2.21. The van der Waals surface area contributed by atoms with Gasteiger partial charge in [-0.25, -0.2) is 8.42 Å². The second-order valence-electron chi connectivity index (χ2n) is 4.84. The van der Waals surface area contributed by atoms with Crippen molar-refractivity contribution >= 4 is 33.0 Å². The van der Waals surface area contributed by atoms with E-state index in [0.29, 0.717) is 34.5 Å². The van der Waals surface area contributed by atoms with Crippen LogP contribution in [-0.2, 0) is 9.84 Å². The van der Waals surface area contributed by atoms with Gasteiger partial charge in [-0.1, -0.05) is 30.1 Å². The minimum Gasteiger partial charge on any atom is -0.492 e. The predicted octanol–water partition coefficient (Wildman–Crippen LogP) is 3.48. The van der Waals surface area contributed by atoms with Crippen molar-refractivity contribution in [1.82, 2.24) is 5.32 Å². The first kappa shape index (κ1) is 18.6. The summed E-state index contributed by atoms with van der Waals surface area (Å²) in [5.74, 6) is 0.471. The lowest BCUT2D eigenvalue weighted by molar-refractivity contribution is 0.340. The van der Waals surface area contributed by atoms with Gasteiger partial charge in [0.05, 0.1) is 17.4 Å². The van der Waals surface area contributed by atoms with Crippen LogP contribution in [0.2, 0.25) is 10.0 Å². The average molecular weight is 354 g/mol. The van der Waals surface area contributed by atoms with E-state index >= 15 is 0 Å². The maximum atomic E-state index is 11.6. The van der Waals surface area contributed by atoms with E-state index in [9.17, 15) is 8.42 Å². The third-order valence-corrected chi connectivity index (χ3v) is 4.40. The van der Waals surface area contributed by atoms with Crippen LogP contribution in [-0.4, -0.2) is 33.6 Å². The Labute approximate surface area is 136 Å². The molecule has 0 radical (unpaired) electrons. The van der Waals surface area contributed by atoms with Crippen LogP contribution in [0.1, 0.15) is 31.9 Å². The van der Waals surface area contributed by atoms with E-state index in [1.54, 1.807) is 12.1 Å². The summed E-state index contributed by atoms with van der Waals surface area (Å²) in [6, 6.07) is 2.92. The highest BCUT2D eigenvalue weighted by molar-refractivity contribution is 7.90. The average Bonchev–Trinajstić information content (AvgIpc) is 2.37. The Bertz CT molecular complexity index is 576. The van der Waals surface area contributed by atoms with E-state index in [0.717, 1.165) is 6.42 Å². The molecule has 7 heteroatoms. The first-order chi connectivity index (χ1) is 9.78. The van der Waals surface area contributed by atoms with Crippen molar-refractivity contribution in [1.29, 1.82) is 0 Å². The molecule has 0 heterocycles. The summed E-state index contributed by atoms with van der Waals surface area (Å²) in [5, 5.41) is 4.07. The zero-order chi connectivity index (χ0) is 16.0. The molecule has 21 heavy (non-hydrogen) atoms. The number of hydrogen-bond acceptors (Lipinski definition) is 4. The Morgan fingerprint density at radius 3 is 2.43 bits per heavy atom. The number of ether oxygens (including phenoxy) is 1. The fourth-order valence-electron chi connectivity index (χ4n) is 1.96. The molecule has 0 saturated carbocycles. The topological polar surface area (TPSA) is 55.4 Å². The zero-order valence-electron chi connectivity index (χ0n) is 12.4. The van der Waals surface area contributed by atoms with Crippen molar-refractivity contribution in [3.8, 4) is 5.75 Å². The van der Waals surface area contributed by atoms with Crippen molar-refractivity contribution in [2.45, 2.75) is 26.3 Å². The standard InChI is InChI=1S/C14H21Cl2NO3S/c1-4-6-17-13(9-21(3,18)19)10-7-12(16)14(20-5-2)8-11(10)15/h7-8,13,17H,4-6,9H2,1-3H3. The van der Waals surface area contributed by atoms with Crippen LogP contribution in [0, 0.1) is 0 Å². The van der Waals surface area contributed by atoms with Crippen LogP contribution in [0.3, 0.4) is 0 Å². The number of rotatable bonds is 8. The van der Waals surface area contributed by atoms with Crippen LogP contribution in [0.5, 0.6) is 5.75 Å². The van der Waals surface area contributed by atoms with Gasteiger partial charge in [-0.2, -0.15) is 0 Å². The molecule has 0 aliphatic carbocycles. The summed E-state index contributed by atoms with van der Waals surface area (Å²) in [5.41, 5.74) is 0.670. The number of nitrogens with one attached hydrogen (secondary N) is 1. The smallest absolute Gasteiger partial charge is 0.149 e. The van der Waals surface area contributed by atoms with E-state index < -0.39 is 9.84 Å². The third-order valence-electron chi connectivity index (χ3n) is 2.84. The van der Waals surface area contributed by atoms with E-state index in [4.69, 9.17) is 27.9 Å². The molecule has 1 atom stereocenters. The van der Waals surface area contributed by atoms with Crippen LogP contribution in [0.25, 0.3) is 0 Å². The molecule has 0 amide bonds. The SMILES string of the molecule is CCCNC(CS(C)(=O)=O)c1cc(Cl)c(OCC)cc1Cl. The first-order valence-corrected chi connectivity index (χ1v) is 9.63. The Balaban J connectivity index is 3.14. The summed E-state index contributed by atoms with van der Waals surface area (Å²) in [6.45, 7) is 5.04. The van der Waals surface area contributed by atoms with Gasteiger partial charge in [-0.05, 0) is 31.5 Å². The molecule has 1 unspecified atom stereocenters. The predicted molar refractivity (Wildman–Crippen MR) is 88.4 cm³/mol. The minimum atomic E-state index is -3.15. The van der Waals surface area contributed by atoms with Gasteiger partial charge in [0, 0.05) is 23.4 Å². The maximum Gasteiger partial charge on any atom is 0.149 e. The van der Waals surface area contributed by atoms with Crippen molar-refractivity contribution in [3.05, 3.63) is 27.7 Å². The van der Waals surface area contributed by atoms with Gasteiger partial charge in [-0.15, -0.1) is 0 Å². The highest BCUT2D eigenvalue weighted by atomic mass is 35.5. The summed E-state index contributed by atoms with van der Waals surface area (Å²) < 4.78 is 28.6. The lowest BCUT2D eigenvalue weighted by Gasteiger charge is -2.20. The Morgan fingerprint density at radius 2 is 1.90 bits per heavy atom. The largest absolute Gasteiger partial charge is 0.492 e. The van der Waals surface area contributed by atoms with Crippen LogP contribution in [0.15, 0.2) is 12.1 Å². The molecule has 0 bridgehead atoms. The van der Waals surface area contributed by atoms with Gasteiger partial charge < -0.3 is 10.1 Å². The molecule has 1 aromatic carbocycles. The molecule has 1 aromatic rings. The maximum absolute atomic E-state index is 11.6. The van der Waals surface area contributed by atoms with E-state index in [1.807, 2.05) is 13.8 Å². The fraction of sp³-hybridized carbons (Fsp3) is 0.571. The zero-order valence-corrected chi connectivity index (χ0v) is 14.8. The van der Waals surface area contributed by atoms with Crippen molar-refractivity contribution in [3.63, 3.8) is 0 Å². The molecule has 1 rings (SSSR count). The molecule has 120 valence electrons. The first-order valence-electron chi connectivity index (χ1n) is 6.81. The van der Waals surface area contributed by atoms with Gasteiger partial charge >= 0.3 is 0 Å². The second kappa shape index (κ2) is 8.22. The van der Waals surface area contributed by atoms with Gasteiger partial charge in [0.2, 0.25) is 0 Å². The Kier molecular flexibility index (Phi) is 7.27. The van der Waals surface area contributed by atoms with E-state index in [-0.39, 0.29) is 11.8 Å². The molecular weight excluding hydrogens is 333 g/mol. The minimum absolute atomic E-state index is 0.0307. The lowest BCUT2D eigenvalue weighted by Crippen LogP contribution is -2.28. The number of sulfone groups is 1. The van der Waals surface area contributed by atoms with Gasteiger partial charge in [-0.3, -0.25) is 0 Å². The summed E-state index contributed by atoms with van der Waals surface area (Å²) >= 11 is 12.4. The summed E-state index contributed by atoms with van der Waals surface area (Å²) in [4.78, 5) is 0. The molecule has 0 aromatic heterocycles. The molecule has 0 saturated heterocycles. The molecule has 0 aliphatic rings.